The molecule has 0 aliphatic carbocycles. The van der Waals surface area contributed by atoms with Crippen molar-refractivity contribution in [2.24, 2.45) is 0 Å². The summed E-state index contributed by atoms with van der Waals surface area (Å²) in [6.45, 7) is 1.53. The Labute approximate surface area is 129 Å². The van der Waals surface area contributed by atoms with Crippen LogP contribution in [0, 0.1) is 0 Å². The zero-order valence-corrected chi connectivity index (χ0v) is 12.7. The maximum atomic E-state index is 11.5. The van der Waals surface area contributed by atoms with Crippen molar-refractivity contribution in [3.63, 3.8) is 0 Å². The van der Waals surface area contributed by atoms with Crippen LogP contribution in [0.3, 0.4) is 0 Å². The standard InChI is InChI=1S/C12H13ClN4O3S/c1-2-6-3-7-10(16-12(13)17-11(7)21-6)15-4-8(18)14-5-9(19)20/h3H,2,4-5H2,1H3,(H,14,18)(H,19,20)(H,15,16,17). The number of aliphatic carboxylic acids is 1. The van der Waals surface area contributed by atoms with Crippen LogP contribution in [0.2, 0.25) is 5.28 Å². The zero-order valence-electron chi connectivity index (χ0n) is 11.1. The van der Waals surface area contributed by atoms with Gasteiger partial charge in [0.05, 0.1) is 11.9 Å². The number of carboxylic acid groups (broad SMARTS) is 1. The summed E-state index contributed by atoms with van der Waals surface area (Å²) >= 11 is 7.38. The second-order valence-corrected chi connectivity index (χ2v) is 5.60. The van der Waals surface area contributed by atoms with Crippen LogP contribution in [-0.2, 0) is 16.0 Å². The van der Waals surface area contributed by atoms with Crippen LogP contribution >= 0.6 is 22.9 Å². The fourth-order valence-corrected chi connectivity index (χ4v) is 2.84. The first-order valence-electron chi connectivity index (χ1n) is 6.18. The molecule has 0 saturated heterocycles. The van der Waals surface area contributed by atoms with Crippen molar-refractivity contribution in [3.05, 3.63) is 16.2 Å². The van der Waals surface area contributed by atoms with Crippen LogP contribution in [0.15, 0.2) is 6.07 Å². The second kappa shape index (κ2) is 6.68. The molecule has 2 rings (SSSR count). The molecule has 2 aromatic rings. The summed E-state index contributed by atoms with van der Waals surface area (Å²) in [7, 11) is 0. The minimum Gasteiger partial charge on any atom is -0.480 e. The van der Waals surface area contributed by atoms with Gasteiger partial charge in [-0.1, -0.05) is 6.92 Å². The number of halogens is 1. The molecule has 2 aromatic heterocycles. The summed E-state index contributed by atoms with van der Waals surface area (Å²) in [6, 6.07) is 1.95. The summed E-state index contributed by atoms with van der Waals surface area (Å²) in [6.07, 6.45) is 0.872. The van der Waals surface area contributed by atoms with Crippen molar-refractivity contribution in [3.8, 4) is 0 Å². The Hall–Kier alpha value is -1.93. The number of nitrogens with zero attached hydrogens (tertiary/aromatic N) is 2. The number of hydrogen-bond acceptors (Lipinski definition) is 6. The number of fused-ring (bicyclic) bond motifs is 1. The van der Waals surface area contributed by atoms with Crippen molar-refractivity contribution in [2.45, 2.75) is 13.3 Å². The summed E-state index contributed by atoms with van der Waals surface area (Å²) < 4.78 is 0. The fourth-order valence-electron chi connectivity index (χ4n) is 1.65. The Balaban J connectivity index is 2.12. The molecule has 7 nitrogen and oxygen atoms in total. The van der Waals surface area contributed by atoms with Gasteiger partial charge < -0.3 is 15.7 Å². The number of aryl methyl sites for hydroxylation is 1. The highest BCUT2D eigenvalue weighted by atomic mass is 35.5. The number of nitrogens with one attached hydrogen (secondary N) is 2. The largest absolute Gasteiger partial charge is 0.480 e. The lowest BCUT2D eigenvalue weighted by Crippen LogP contribution is -2.34. The van der Waals surface area contributed by atoms with Gasteiger partial charge in [0.15, 0.2) is 0 Å². The van der Waals surface area contributed by atoms with Crippen LogP contribution in [0.5, 0.6) is 0 Å². The van der Waals surface area contributed by atoms with Gasteiger partial charge in [-0.15, -0.1) is 11.3 Å². The third-order valence-electron chi connectivity index (χ3n) is 2.62. The lowest BCUT2D eigenvalue weighted by atomic mass is 10.3. The van der Waals surface area contributed by atoms with Gasteiger partial charge >= 0.3 is 5.97 Å². The van der Waals surface area contributed by atoms with Gasteiger partial charge in [0.2, 0.25) is 11.2 Å². The Morgan fingerprint density at radius 3 is 2.81 bits per heavy atom. The molecule has 3 N–H and O–H groups in total. The van der Waals surface area contributed by atoms with Crippen molar-refractivity contribution < 1.29 is 14.7 Å². The minimum atomic E-state index is -1.10. The maximum Gasteiger partial charge on any atom is 0.322 e. The highest BCUT2D eigenvalue weighted by Gasteiger charge is 2.12. The number of carbonyl (C=O) groups excluding carboxylic acids is 1. The zero-order chi connectivity index (χ0) is 15.4. The van der Waals surface area contributed by atoms with Crippen LogP contribution in [0.4, 0.5) is 5.82 Å². The molecule has 0 fully saturated rings. The first-order chi connectivity index (χ1) is 9.99. The van der Waals surface area contributed by atoms with E-state index >= 15 is 0 Å². The SMILES string of the molecule is CCc1cc2c(NCC(=O)NCC(=O)O)nc(Cl)nc2s1. The van der Waals surface area contributed by atoms with Crippen molar-refractivity contribution in [2.75, 3.05) is 18.4 Å². The van der Waals surface area contributed by atoms with Gasteiger partial charge in [0.1, 0.15) is 17.2 Å². The smallest absolute Gasteiger partial charge is 0.322 e. The summed E-state index contributed by atoms with van der Waals surface area (Å²) in [5, 5.41) is 14.5. The van der Waals surface area contributed by atoms with Gasteiger partial charge in [-0.3, -0.25) is 9.59 Å². The Morgan fingerprint density at radius 1 is 1.38 bits per heavy atom. The lowest BCUT2D eigenvalue weighted by molar-refractivity contribution is -0.137. The molecular formula is C12H13ClN4O3S. The lowest BCUT2D eigenvalue weighted by Gasteiger charge is -2.06. The van der Waals surface area contributed by atoms with E-state index < -0.39 is 18.4 Å². The molecule has 0 spiro atoms. The van der Waals surface area contributed by atoms with Gasteiger partial charge in [0, 0.05) is 4.88 Å². The van der Waals surface area contributed by atoms with Crippen LogP contribution in [0.1, 0.15) is 11.8 Å². The average molecular weight is 329 g/mol. The summed E-state index contributed by atoms with van der Waals surface area (Å²) in [5.41, 5.74) is 0. The van der Waals surface area contributed by atoms with Crippen LogP contribution in [0.25, 0.3) is 10.2 Å². The first kappa shape index (κ1) is 15.5. The Kier molecular flexibility index (Phi) is 4.92. The molecule has 0 aliphatic rings. The number of hydrogen-bond donors (Lipinski definition) is 3. The minimum absolute atomic E-state index is 0.0903. The molecule has 0 aromatic carbocycles. The Bertz CT molecular complexity index is 688. The molecule has 112 valence electrons. The molecule has 2 heterocycles. The van der Waals surface area contributed by atoms with Gasteiger partial charge in [-0.2, -0.15) is 0 Å². The molecule has 1 amide bonds. The number of carbonyl (C=O) groups is 2. The van der Waals surface area contributed by atoms with Gasteiger partial charge in [0.25, 0.3) is 0 Å². The Morgan fingerprint density at radius 2 is 2.14 bits per heavy atom. The number of carboxylic acids is 1. The second-order valence-electron chi connectivity index (χ2n) is 4.15. The normalized spacial score (nSPS) is 10.6. The quantitative estimate of drug-likeness (QED) is 0.694. The van der Waals surface area contributed by atoms with Gasteiger partial charge in [-0.05, 0) is 24.1 Å². The van der Waals surface area contributed by atoms with E-state index in [1.54, 1.807) is 0 Å². The van der Waals surface area contributed by atoms with Crippen molar-refractivity contribution >= 4 is 50.8 Å². The number of thiophene rings is 1. The van der Waals surface area contributed by atoms with Crippen molar-refractivity contribution in [1.82, 2.24) is 15.3 Å². The van der Waals surface area contributed by atoms with Crippen LogP contribution in [-0.4, -0.2) is 40.0 Å². The number of amides is 1. The van der Waals surface area contributed by atoms with Gasteiger partial charge in [-0.25, -0.2) is 9.97 Å². The van der Waals surface area contributed by atoms with E-state index in [9.17, 15) is 9.59 Å². The van der Waals surface area contributed by atoms with E-state index in [-0.39, 0.29) is 11.8 Å². The van der Waals surface area contributed by atoms with E-state index in [1.165, 1.54) is 11.3 Å². The number of anilines is 1. The maximum absolute atomic E-state index is 11.5. The predicted molar refractivity (Wildman–Crippen MR) is 80.9 cm³/mol. The highest BCUT2D eigenvalue weighted by Crippen LogP contribution is 2.30. The highest BCUT2D eigenvalue weighted by molar-refractivity contribution is 7.18. The van der Waals surface area contributed by atoms with E-state index in [4.69, 9.17) is 16.7 Å². The summed E-state index contributed by atoms with van der Waals surface area (Å²) in [5.74, 6) is -1.07. The van der Waals surface area contributed by atoms with E-state index in [2.05, 4.69) is 20.6 Å². The third-order valence-corrected chi connectivity index (χ3v) is 3.96. The molecular weight excluding hydrogens is 316 g/mol. The van der Waals surface area contributed by atoms with E-state index in [1.807, 2.05) is 13.0 Å². The topological polar surface area (TPSA) is 104 Å². The molecule has 0 radical (unpaired) electrons. The molecule has 0 saturated carbocycles. The van der Waals surface area contributed by atoms with E-state index in [0.717, 1.165) is 21.5 Å². The van der Waals surface area contributed by atoms with E-state index in [0.29, 0.717) is 5.82 Å². The molecule has 0 atom stereocenters. The summed E-state index contributed by atoms with van der Waals surface area (Å²) in [4.78, 5) is 32.0. The fraction of sp³-hybridized carbons (Fsp3) is 0.333. The number of aromatic nitrogens is 2. The molecule has 0 unspecified atom stereocenters. The number of rotatable bonds is 6. The first-order valence-corrected chi connectivity index (χ1v) is 7.37. The monoisotopic (exact) mass is 328 g/mol. The average Bonchev–Trinajstić information content (AvgIpc) is 2.85. The third kappa shape index (κ3) is 4.02. The molecule has 21 heavy (non-hydrogen) atoms. The van der Waals surface area contributed by atoms with Crippen molar-refractivity contribution in [1.29, 1.82) is 0 Å². The molecule has 0 bridgehead atoms. The predicted octanol–water partition coefficient (Wildman–Crippen LogP) is 1.52. The molecule has 9 heteroatoms. The molecule has 0 aliphatic heterocycles. The van der Waals surface area contributed by atoms with Crippen LogP contribution < -0.4 is 10.6 Å².